The standard InChI is InChI=1S/C19H12F4O/c20-15-7-6-13(8-16(15)21)19-17(22)9-14(10-18(19)23)24-11-12-4-2-1-3-5-12/h1-10H,11H2. The highest BCUT2D eigenvalue weighted by atomic mass is 19.2. The summed E-state index contributed by atoms with van der Waals surface area (Å²) in [6.45, 7) is 0.157. The number of rotatable bonds is 4. The first-order chi connectivity index (χ1) is 11.5. The van der Waals surface area contributed by atoms with Crippen LogP contribution < -0.4 is 4.74 Å². The highest BCUT2D eigenvalue weighted by Gasteiger charge is 2.16. The maximum absolute atomic E-state index is 14.2. The van der Waals surface area contributed by atoms with Gasteiger partial charge in [-0.25, -0.2) is 17.6 Å². The molecule has 0 aliphatic carbocycles. The number of hydrogen-bond acceptors (Lipinski definition) is 1. The van der Waals surface area contributed by atoms with E-state index in [2.05, 4.69) is 0 Å². The van der Waals surface area contributed by atoms with E-state index in [9.17, 15) is 17.6 Å². The quantitative estimate of drug-likeness (QED) is 0.574. The second-order valence-electron chi connectivity index (χ2n) is 5.17. The van der Waals surface area contributed by atoms with Crippen molar-refractivity contribution in [2.75, 3.05) is 0 Å². The van der Waals surface area contributed by atoms with Crippen molar-refractivity contribution in [3.8, 4) is 16.9 Å². The van der Waals surface area contributed by atoms with Crippen LogP contribution in [0.1, 0.15) is 5.56 Å². The van der Waals surface area contributed by atoms with Crippen molar-refractivity contribution in [3.63, 3.8) is 0 Å². The molecule has 3 aromatic rings. The summed E-state index contributed by atoms with van der Waals surface area (Å²) in [5.41, 5.74) is 0.336. The second-order valence-corrected chi connectivity index (χ2v) is 5.17. The summed E-state index contributed by atoms with van der Waals surface area (Å²) in [5, 5.41) is 0. The average Bonchev–Trinajstić information content (AvgIpc) is 2.56. The molecule has 0 atom stereocenters. The molecule has 0 aliphatic rings. The molecule has 5 heteroatoms. The summed E-state index contributed by atoms with van der Waals surface area (Å²) < 4.78 is 60.0. The Morgan fingerprint density at radius 3 is 1.96 bits per heavy atom. The predicted molar refractivity (Wildman–Crippen MR) is 82.5 cm³/mol. The summed E-state index contributed by atoms with van der Waals surface area (Å²) >= 11 is 0. The van der Waals surface area contributed by atoms with Crippen molar-refractivity contribution in [3.05, 3.63) is 89.5 Å². The zero-order valence-corrected chi connectivity index (χ0v) is 12.4. The van der Waals surface area contributed by atoms with E-state index in [4.69, 9.17) is 4.74 Å². The van der Waals surface area contributed by atoms with E-state index < -0.39 is 28.8 Å². The van der Waals surface area contributed by atoms with Gasteiger partial charge in [0.1, 0.15) is 24.0 Å². The first kappa shape index (κ1) is 16.1. The third kappa shape index (κ3) is 3.40. The molecule has 0 amide bonds. The van der Waals surface area contributed by atoms with Gasteiger partial charge in [-0.3, -0.25) is 0 Å². The fourth-order valence-electron chi connectivity index (χ4n) is 2.30. The highest BCUT2D eigenvalue weighted by Crippen LogP contribution is 2.31. The topological polar surface area (TPSA) is 9.23 Å². The SMILES string of the molecule is Fc1ccc(-c2c(F)cc(OCc3ccccc3)cc2F)cc1F. The summed E-state index contributed by atoms with van der Waals surface area (Å²) in [6, 6.07) is 13.9. The van der Waals surface area contributed by atoms with Crippen LogP contribution in [0, 0.1) is 23.3 Å². The second kappa shape index (κ2) is 6.74. The lowest BCUT2D eigenvalue weighted by molar-refractivity contribution is 0.303. The minimum Gasteiger partial charge on any atom is -0.489 e. The van der Waals surface area contributed by atoms with Gasteiger partial charge in [0.05, 0.1) is 5.56 Å². The van der Waals surface area contributed by atoms with Gasteiger partial charge in [0, 0.05) is 12.1 Å². The monoisotopic (exact) mass is 332 g/mol. The van der Waals surface area contributed by atoms with E-state index >= 15 is 0 Å². The van der Waals surface area contributed by atoms with E-state index in [1.807, 2.05) is 30.3 Å². The third-order valence-corrected chi connectivity index (χ3v) is 3.47. The highest BCUT2D eigenvalue weighted by molar-refractivity contribution is 5.66. The van der Waals surface area contributed by atoms with E-state index in [0.29, 0.717) is 0 Å². The van der Waals surface area contributed by atoms with Gasteiger partial charge in [-0.15, -0.1) is 0 Å². The molecule has 0 spiro atoms. The normalized spacial score (nSPS) is 10.7. The Balaban J connectivity index is 1.87. The third-order valence-electron chi connectivity index (χ3n) is 3.47. The Kier molecular flexibility index (Phi) is 4.51. The molecule has 0 unspecified atom stereocenters. The van der Waals surface area contributed by atoms with E-state index in [0.717, 1.165) is 35.9 Å². The van der Waals surface area contributed by atoms with Crippen LogP contribution in [0.25, 0.3) is 11.1 Å². The molecule has 0 radical (unpaired) electrons. The summed E-state index contributed by atoms with van der Waals surface area (Å²) in [5.74, 6) is -4.06. The molecule has 24 heavy (non-hydrogen) atoms. The molecular formula is C19H12F4O. The number of halogens is 4. The van der Waals surface area contributed by atoms with Crippen LogP contribution >= 0.6 is 0 Å². The fraction of sp³-hybridized carbons (Fsp3) is 0.0526. The minimum absolute atomic E-state index is 0.0141. The smallest absolute Gasteiger partial charge is 0.159 e. The maximum atomic E-state index is 14.2. The molecule has 3 rings (SSSR count). The Morgan fingerprint density at radius 1 is 0.667 bits per heavy atom. The Morgan fingerprint density at radius 2 is 1.33 bits per heavy atom. The lowest BCUT2D eigenvalue weighted by Crippen LogP contribution is -1.98. The van der Waals surface area contributed by atoms with Gasteiger partial charge in [0.15, 0.2) is 11.6 Å². The lowest BCUT2D eigenvalue weighted by Gasteiger charge is -2.10. The van der Waals surface area contributed by atoms with Crippen molar-refractivity contribution in [1.29, 1.82) is 0 Å². The largest absolute Gasteiger partial charge is 0.489 e. The summed E-state index contributed by atoms with van der Waals surface area (Å²) in [7, 11) is 0. The first-order valence-corrected chi connectivity index (χ1v) is 7.16. The predicted octanol–water partition coefficient (Wildman–Crippen LogP) is 5.49. The molecule has 0 aliphatic heterocycles. The first-order valence-electron chi connectivity index (χ1n) is 7.16. The van der Waals surface area contributed by atoms with E-state index in [-0.39, 0.29) is 17.9 Å². The molecule has 0 bridgehead atoms. The molecule has 3 aromatic carbocycles. The van der Waals surface area contributed by atoms with Gasteiger partial charge in [0.2, 0.25) is 0 Å². The van der Waals surface area contributed by atoms with E-state index in [1.54, 1.807) is 0 Å². The molecule has 0 saturated carbocycles. The summed E-state index contributed by atoms with van der Waals surface area (Å²) in [4.78, 5) is 0. The van der Waals surface area contributed by atoms with Crippen molar-refractivity contribution in [2.45, 2.75) is 6.61 Å². The zero-order valence-electron chi connectivity index (χ0n) is 12.4. The van der Waals surface area contributed by atoms with Gasteiger partial charge < -0.3 is 4.74 Å². The Bertz CT molecular complexity index is 839. The van der Waals surface area contributed by atoms with Crippen LogP contribution in [-0.2, 0) is 6.61 Å². The van der Waals surface area contributed by atoms with Gasteiger partial charge in [-0.05, 0) is 23.3 Å². The van der Waals surface area contributed by atoms with Crippen LogP contribution in [0.3, 0.4) is 0 Å². The van der Waals surface area contributed by atoms with Crippen molar-refractivity contribution in [2.24, 2.45) is 0 Å². The lowest BCUT2D eigenvalue weighted by atomic mass is 10.0. The van der Waals surface area contributed by atoms with Gasteiger partial charge >= 0.3 is 0 Å². The van der Waals surface area contributed by atoms with Crippen LogP contribution in [0.4, 0.5) is 17.6 Å². The van der Waals surface area contributed by atoms with Crippen LogP contribution in [0.5, 0.6) is 5.75 Å². The number of hydrogen-bond donors (Lipinski definition) is 0. The maximum Gasteiger partial charge on any atom is 0.159 e. The summed E-state index contributed by atoms with van der Waals surface area (Å²) in [6.07, 6.45) is 0. The molecule has 0 N–H and O–H groups in total. The number of benzene rings is 3. The molecule has 1 nitrogen and oxygen atoms in total. The molecule has 0 fully saturated rings. The van der Waals surface area contributed by atoms with Crippen molar-refractivity contribution < 1.29 is 22.3 Å². The molecular weight excluding hydrogens is 320 g/mol. The molecule has 0 saturated heterocycles. The molecule has 0 heterocycles. The Hall–Kier alpha value is -2.82. The van der Waals surface area contributed by atoms with Crippen LogP contribution in [0.2, 0.25) is 0 Å². The molecule has 0 aromatic heterocycles. The van der Waals surface area contributed by atoms with Gasteiger partial charge in [-0.2, -0.15) is 0 Å². The van der Waals surface area contributed by atoms with Crippen molar-refractivity contribution >= 4 is 0 Å². The Labute approximate surface area is 136 Å². The number of ether oxygens (including phenoxy) is 1. The van der Waals surface area contributed by atoms with Gasteiger partial charge in [-0.1, -0.05) is 36.4 Å². The van der Waals surface area contributed by atoms with Crippen LogP contribution in [0.15, 0.2) is 60.7 Å². The van der Waals surface area contributed by atoms with E-state index in [1.165, 1.54) is 0 Å². The average molecular weight is 332 g/mol. The zero-order chi connectivity index (χ0) is 17.1. The van der Waals surface area contributed by atoms with Crippen molar-refractivity contribution in [1.82, 2.24) is 0 Å². The fourth-order valence-corrected chi connectivity index (χ4v) is 2.30. The van der Waals surface area contributed by atoms with Crippen LogP contribution in [-0.4, -0.2) is 0 Å². The van der Waals surface area contributed by atoms with Gasteiger partial charge in [0.25, 0.3) is 0 Å². The molecule has 122 valence electrons. The minimum atomic E-state index is -1.17.